The van der Waals surface area contributed by atoms with Crippen molar-refractivity contribution in [3.8, 4) is 11.3 Å². The predicted molar refractivity (Wildman–Crippen MR) is 90.4 cm³/mol. The Hall–Kier alpha value is -2.47. The second-order valence-electron chi connectivity index (χ2n) is 5.85. The summed E-state index contributed by atoms with van der Waals surface area (Å²) in [6, 6.07) is 5.97. The molecule has 0 bridgehead atoms. The molecule has 3 heterocycles. The van der Waals surface area contributed by atoms with Crippen LogP contribution in [0.2, 0.25) is 0 Å². The zero-order chi connectivity index (χ0) is 15.6. The van der Waals surface area contributed by atoms with E-state index in [0.717, 1.165) is 55.0 Å². The van der Waals surface area contributed by atoms with Crippen molar-refractivity contribution in [3.63, 3.8) is 0 Å². The molecule has 6 nitrogen and oxygen atoms in total. The number of hydrogen-bond donors (Lipinski definition) is 2. The minimum atomic E-state index is 0.684. The van der Waals surface area contributed by atoms with Crippen LogP contribution in [0.4, 0.5) is 5.82 Å². The highest BCUT2D eigenvalue weighted by atomic mass is 15.3. The topological polar surface area (TPSA) is 81.1 Å². The van der Waals surface area contributed by atoms with Gasteiger partial charge < -0.3 is 11.1 Å². The summed E-state index contributed by atoms with van der Waals surface area (Å²) in [6.07, 6.45) is 7.81. The molecule has 0 fully saturated rings. The molecule has 0 aromatic carbocycles. The fourth-order valence-electron chi connectivity index (χ4n) is 3.13. The van der Waals surface area contributed by atoms with E-state index in [0.29, 0.717) is 6.54 Å². The normalized spacial score (nSPS) is 13.4. The molecule has 0 atom stereocenters. The predicted octanol–water partition coefficient (Wildman–Crippen LogP) is 2.04. The van der Waals surface area contributed by atoms with Gasteiger partial charge in [-0.25, -0.2) is 4.98 Å². The number of anilines is 1. The van der Waals surface area contributed by atoms with E-state index in [1.807, 2.05) is 28.9 Å². The molecule has 4 rings (SSSR count). The van der Waals surface area contributed by atoms with Crippen LogP contribution in [0.5, 0.6) is 0 Å². The number of nitrogens with two attached hydrogens (primary N) is 1. The molecule has 0 amide bonds. The summed E-state index contributed by atoms with van der Waals surface area (Å²) in [5.74, 6) is 1.08. The van der Waals surface area contributed by atoms with Crippen LogP contribution in [0.25, 0.3) is 16.9 Å². The molecule has 6 heteroatoms. The summed E-state index contributed by atoms with van der Waals surface area (Å²) in [5.41, 5.74) is 10.9. The third kappa shape index (κ3) is 2.55. The fraction of sp³-hybridized carbons (Fsp3) is 0.353. The number of nitrogens with one attached hydrogen (secondary N) is 1. The van der Waals surface area contributed by atoms with Gasteiger partial charge in [0.05, 0.1) is 5.69 Å². The van der Waals surface area contributed by atoms with Gasteiger partial charge in [0, 0.05) is 41.8 Å². The summed E-state index contributed by atoms with van der Waals surface area (Å²) >= 11 is 0. The van der Waals surface area contributed by atoms with Gasteiger partial charge in [0.15, 0.2) is 5.65 Å². The van der Waals surface area contributed by atoms with E-state index < -0.39 is 0 Å². The summed E-state index contributed by atoms with van der Waals surface area (Å²) in [5, 5.41) is 8.28. The van der Waals surface area contributed by atoms with Crippen molar-refractivity contribution in [2.45, 2.75) is 25.7 Å². The van der Waals surface area contributed by atoms with Crippen molar-refractivity contribution in [3.05, 3.63) is 41.9 Å². The third-order valence-electron chi connectivity index (χ3n) is 4.26. The Balaban J connectivity index is 1.82. The van der Waals surface area contributed by atoms with Gasteiger partial charge in [-0.05, 0) is 44.4 Å². The van der Waals surface area contributed by atoms with Gasteiger partial charge in [-0.1, -0.05) is 0 Å². The Morgan fingerprint density at radius 3 is 3.09 bits per heavy atom. The molecule has 0 radical (unpaired) electrons. The Labute approximate surface area is 134 Å². The van der Waals surface area contributed by atoms with Crippen LogP contribution >= 0.6 is 0 Å². The van der Waals surface area contributed by atoms with E-state index in [4.69, 9.17) is 15.8 Å². The fourth-order valence-corrected chi connectivity index (χ4v) is 3.13. The van der Waals surface area contributed by atoms with Crippen molar-refractivity contribution in [1.29, 1.82) is 0 Å². The zero-order valence-corrected chi connectivity index (χ0v) is 13.0. The highest BCUT2D eigenvalue weighted by molar-refractivity contribution is 5.66. The SMILES string of the molecule is NCCCNc1c2c(nc3cc(-c4cccnc4)nn13)CCC2. The number of aromatic nitrogens is 4. The molecule has 3 N–H and O–H groups in total. The van der Waals surface area contributed by atoms with Gasteiger partial charge in [-0.3, -0.25) is 4.98 Å². The van der Waals surface area contributed by atoms with Crippen molar-refractivity contribution < 1.29 is 0 Å². The van der Waals surface area contributed by atoms with Crippen molar-refractivity contribution in [2.75, 3.05) is 18.4 Å². The van der Waals surface area contributed by atoms with Crippen LogP contribution in [0, 0.1) is 0 Å². The van der Waals surface area contributed by atoms with Crippen LogP contribution in [0.1, 0.15) is 24.1 Å². The van der Waals surface area contributed by atoms with E-state index in [1.165, 1.54) is 11.3 Å². The maximum atomic E-state index is 5.62. The molecule has 0 unspecified atom stereocenters. The summed E-state index contributed by atoms with van der Waals surface area (Å²) in [6.45, 7) is 1.54. The van der Waals surface area contributed by atoms with Crippen molar-refractivity contribution >= 4 is 11.5 Å². The number of fused-ring (bicyclic) bond motifs is 2. The monoisotopic (exact) mass is 308 g/mol. The van der Waals surface area contributed by atoms with Crippen LogP contribution in [-0.2, 0) is 12.8 Å². The molecule has 0 saturated carbocycles. The second kappa shape index (κ2) is 5.96. The molecule has 1 aliphatic rings. The van der Waals surface area contributed by atoms with Crippen LogP contribution < -0.4 is 11.1 Å². The first-order valence-corrected chi connectivity index (χ1v) is 8.12. The van der Waals surface area contributed by atoms with Gasteiger partial charge in [0.1, 0.15) is 5.82 Å². The largest absolute Gasteiger partial charge is 0.370 e. The molecule has 3 aromatic heterocycles. The molecule has 1 aliphatic carbocycles. The maximum absolute atomic E-state index is 5.62. The highest BCUT2D eigenvalue weighted by Gasteiger charge is 2.21. The van der Waals surface area contributed by atoms with Gasteiger partial charge in [-0.15, -0.1) is 0 Å². The summed E-state index contributed by atoms with van der Waals surface area (Å²) in [7, 11) is 0. The van der Waals surface area contributed by atoms with E-state index in [1.54, 1.807) is 6.20 Å². The van der Waals surface area contributed by atoms with Gasteiger partial charge >= 0.3 is 0 Å². The van der Waals surface area contributed by atoms with Crippen LogP contribution in [0.3, 0.4) is 0 Å². The average Bonchev–Trinajstić information content (AvgIpc) is 3.21. The Kier molecular flexibility index (Phi) is 3.67. The molecular weight excluding hydrogens is 288 g/mol. The van der Waals surface area contributed by atoms with Gasteiger partial charge in [-0.2, -0.15) is 9.61 Å². The Morgan fingerprint density at radius 2 is 2.26 bits per heavy atom. The lowest BCUT2D eigenvalue weighted by molar-refractivity contribution is 0.845. The molecule has 118 valence electrons. The first kappa shape index (κ1) is 14.1. The summed E-state index contributed by atoms with van der Waals surface area (Å²) < 4.78 is 1.93. The first-order valence-electron chi connectivity index (χ1n) is 8.12. The zero-order valence-electron chi connectivity index (χ0n) is 13.0. The second-order valence-corrected chi connectivity index (χ2v) is 5.85. The lowest BCUT2D eigenvalue weighted by atomic mass is 10.2. The molecule has 0 spiro atoms. The Morgan fingerprint density at radius 1 is 1.30 bits per heavy atom. The molecule has 0 aliphatic heterocycles. The quantitative estimate of drug-likeness (QED) is 0.705. The minimum absolute atomic E-state index is 0.684. The molecular formula is C17H20N6. The van der Waals surface area contributed by atoms with Crippen molar-refractivity contribution in [2.24, 2.45) is 5.73 Å². The standard InChI is InChI=1S/C17H20N6/c18-7-3-9-20-17-13-5-1-6-14(13)21-16-10-15(22-23(16)17)12-4-2-8-19-11-12/h2,4,8,10-11,20H,1,3,5-7,9,18H2. The molecule has 0 saturated heterocycles. The molecule has 23 heavy (non-hydrogen) atoms. The van der Waals surface area contributed by atoms with E-state index in [2.05, 4.69) is 10.3 Å². The van der Waals surface area contributed by atoms with Crippen LogP contribution in [0.15, 0.2) is 30.6 Å². The van der Waals surface area contributed by atoms with Crippen LogP contribution in [-0.4, -0.2) is 32.7 Å². The minimum Gasteiger partial charge on any atom is -0.370 e. The average molecular weight is 308 g/mol. The van der Waals surface area contributed by atoms with E-state index in [9.17, 15) is 0 Å². The number of aryl methyl sites for hydroxylation is 1. The van der Waals surface area contributed by atoms with Gasteiger partial charge in [0.2, 0.25) is 0 Å². The lowest BCUT2D eigenvalue weighted by Crippen LogP contribution is -2.14. The third-order valence-corrected chi connectivity index (χ3v) is 4.26. The highest BCUT2D eigenvalue weighted by Crippen LogP contribution is 2.30. The number of pyridine rings is 1. The van der Waals surface area contributed by atoms with Gasteiger partial charge in [0.25, 0.3) is 0 Å². The number of nitrogens with zero attached hydrogens (tertiary/aromatic N) is 4. The molecule has 3 aromatic rings. The summed E-state index contributed by atoms with van der Waals surface area (Å²) in [4.78, 5) is 8.98. The maximum Gasteiger partial charge on any atom is 0.158 e. The van der Waals surface area contributed by atoms with E-state index >= 15 is 0 Å². The lowest BCUT2D eigenvalue weighted by Gasteiger charge is -2.12. The Bertz CT molecular complexity index is 824. The first-order chi connectivity index (χ1) is 11.4. The van der Waals surface area contributed by atoms with E-state index in [-0.39, 0.29) is 0 Å². The van der Waals surface area contributed by atoms with Crippen molar-refractivity contribution in [1.82, 2.24) is 19.6 Å². The smallest absolute Gasteiger partial charge is 0.158 e. The number of rotatable bonds is 5. The number of hydrogen-bond acceptors (Lipinski definition) is 5.